The highest BCUT2D eigenvalue weighted by molar-refractivity contribution is 6.18. The Morgan fingerprint density at radius 3 is 2.50 bits per heavy atom. The molecule has 0 aliphatic heterocycles. The summed E-state index contributed by atoms with van der Waals surface area (Å²) in [5, 5.41) is 3.42. The summed E-state index contributed by atoms with van der Waals surface area (Å²) in [6, 6.07) is 0. The highest BCUT2D eigenvalue weighted by Crippen LogP contribution is 2.05. The number of rotatable bonds is 8. The molecule has 0 aliphatic rings. The van der Waals surface area contributed by atoms with E-state index < -0.39 is 0 Å². The van der Waals surface area contributed by atoms with Gasteiger partial charge in [-0.15, -0.1) is 11.6 Å². The molecule has 1 unspecified atom stereocenters. The summed E-state index contributed by atoms with van der Waals surface area (Å²) in [4.78, 5) is 0. The van der Waals surface area contributed by atoms with E-state index >= 15 is 0 Å². The highest BCUT2D eigenvalue weighted by atomic mass is 35.5. The van der Waals surface area contributed by atoms with E-state index in [-0.39, 0.29) is 0 Å². The largest absolute Gasteiger partial charge is 0.317 e. The van der Waals surface area contributed by atoms with Gasteiger partial charge in [0.05, 0.1) is 0 Å². The van der Waals surface area contributed by atoms with Crippen LogP contribution in [0.5, 0.6) is 0 Å². The molecule has 0 amide bonds. The van der Waals surface area contributed by atoms with Crippen LogP contribution in [0.15, 0.2) is 0 Å². The smallest absolute Gasteiger partial charge is 0.0249 e. The van der Waals surface area contributed by atoms with Gasteiger partial charge >= 0.3 is 0 Å². The van der Waals surface area contributed by atoms with Gasteiger partial charge in [0.2, 0.25) is 0 Å². The maximum Gasteiger partial charge on any atom is 0.0249 e. The van der Waals surface area contributed by atoms with E-state index in [1.165, 1.54) is 32.2 Å². The average Bonchev–Trinajstić information content (AvgIpc) is 2.10. The van der Waals surface area contributed by atoms with Crippen molar-refractivity contribution in [1.29, 1.82) is 0 Å². The Bertz CT molecular complexity index is 85.9. The molecule has 1 atom stereocenters. The van der Waals surface area contributed by atoms with E-state index in [9.17, 15) is 0 Å². The molecule has 2 heteroatoms. The number of unbranched alkanes of at least 4 members (excludes halogenated alkanes) is 1. The lowest BCUT2D eigenvalue weighted by Gasteiger charge is -2.07. The number of hydrogen-bond donors (Lipinski definition) is 1. The molecule has 74 valence electrons. The third-order valence-electron chi connectivity index (χ3n) is 2.02. The summed E-state index contributed by atoms with van der Waals surface area (Å²) in [5.74, 6) is 1.48. The van der Waals surface area contributed by atoms with E-state index in [1.54, 1.807) is 0 Å². The maximum atomic E-state index is 5.69. The third-order valence-corrected chi connectivity index (χ3v) is 2.55. The van der Waals surface area contributed by atoms with E-state index in [0.717, 1.165) is 12.4 Å². The lowest BCUT2D eigenvalue weighted by Crippen LogP contribution is -2.17. The van der Waals surface area contributed by atoms with Crippen LogP contribution in [0.3, 0.4) is 0 Å². The fourth-order valence-corrected chi connectivity index (χ4v) is 1.23. The van der Waals surface area contributed by atoms with Crippen molar-refractivity contribution in [3.8, 4) is 0 Å². The Hall–Kier alpha value is 0.250. The summed E-state index contributed by atoms with van der Waals surface area (Å²) >= 11 is 5.69. The SMILES string of the molecule is CCCCNCCCC(C)CCl. The molecule has 12 heavy (non-hydrogen) atoms. The van der Waals surface area contributed by atoms with Gasteiger partial charge in [-0.25, -0.2) is 0 Å². The van der Waals surface area contributed by atoms with Crippen molar-refractivity contribution in [2.24, 2.45) is 5.92 Å². The second-order valence-electron chi connectivity index (χ2n) is 3.51. The summed E-state index contributed by atoms with van der Waals surface area (Å²) in [6.45, 7) is 6.75. The van der Waals surface area contributed by atoms with E-state index in [0.29, 0.717) is 5.92 Å². The van der Waals surface area contributed by atoms with Crippen molar-refractivity contribution in [3.63, 3.8) is 0 Å². The molecule has 0 fully saturated rings. The Morgan fingerprint density at radius 2 is 1.92 bits per heavy atom. The van der Waals surface area contributed by atoms with Crippen LogP contribution < -0.4 is 5.32 Å². The van der Waals surface area contributed by atoms with Gasteiger partial charge in [0.1, 0.15) is 0 Å². The van der Waals surface area contributed by atoms with Gasteiger partial charge in [0, 0.05) is 5.88 Å². The van der Waals surface area contributed by atoms with E-state index in [1.807, 2.05) is 0 Å². The fourth-order valence-electron chi connectivity index (χ4n) is 1.08. The fraction of sp³-hybridized carbons (Fsp3) is 1.00. The number of alkyl halides is 1. The molecule has 0 bridgehead atoms. The van der Waals surface area contributed by atoms with Crippen molar-refractivity contribution < 1.29 is 0 Å². The van der Waals surface area contributed by atoms with Gasteiger partial charge in [0.25, 0.3) is 0 Å². The van der Waals surface area contributed by atoms with Crippen LogP contribution in [-0.2, 0) is 0 Å². The molecule has 0 heterocycles. The van der Waals surface area contributed by atoms with Crippen molar-refractivity contribution >= 4 is 11.6 Å². The Morgan fingerprint density at radius 1 is 1.25 bits per heavy atom. The second-order valence-corrected chi connectivity index (χ2v) is 3.81. The summed E-state index contributed by atoms with van der Waals surface area (Å²) < 4.78 is 0. The quantitative estimate of drug-likeness (QED) is 0.460. The van der Waals surface area contributed by atoms with Crippen molar-refractivity contribution in [2.75, 3.05) is 19.0 Å². The molecule has 0 spiro atoms. The molecule has 0 saturated carbocycles. The minimum atomic E-state index is 0.680. The molecule has 0 aromatic rings. The average molecular weight is 192 g/mol. The Labute approximate surface area is 81.9 Å². The predicted octanol–water partition coefficient (Wildman–Crippen LogP) is 3.03. The van der Waals surface area contributed by atoms with Crippen LogP contribution in [0.25, 0.3) is 0 Å². The summed E-state index contributed by atoms with van der Waals surface area (Å²) in [5.41, 5.74) is 0. The third kappa shape index (κ3) is 8.35. The lowest BCUT2D eigenvalue weighted by molar-refractivity contribution is 0.526. The Balaban J connectivity index is 2.90. The minimum absolute atomic E-state index is 0.680. The zero-order chi connectivity index (χ0) is 9.23. The molecule has 0 rings (SSSR count). The molecule has 1 N–H and O–H groups in total. The molecule has 0 aromatic heterocycles. The number of nitrogens with one attached hydrogen (secondary N) is 1. The molecule has 0 radical (unpaired) electrons. The van der Waals surface area contributed by atoms with Gasteiger partial charge < -0.3 is 5.32 Å². The van der Waals surface area contributed by atoms with Crippen LogP contribution in [0.4, 0.5) is 0 Å². The zero-order valence-electron chi connectivity index (χ0n) is 8.41. The van der Waals surface area contributed by atoms with Crippen LogP contribution in [0.1, 0.15) is 39.5 Å². The van der Waals surface area contributed by atoms with Gasteiger partial charge in [0.15, 0.2) is 0 Å². The molecule has 0 aliphatic carbocycles. The first kappa shape index (κ1) is 12.2. The Kier molecular flexibility index (Phi) is 9.53. The van der Waals surface area contributed by atoms with Crippen molar-refractivity contribution in [3.05, 3.63) is 0 Å². The monoisotopic (exact) mass is 191 g/mol. The standard InChI is InChI=1S/C10H22ClN/c1-3-4-7-12-8-5-6-10(2)9-11/h10,12H,3-9H2,1-2H3. The topological polar surface area (TPSA) is 12.0 Å². The normalized spacial score (nSPS) is 13.2. The highest BCUT2D eigenvalue weighted by Gasteiger charge is 1.98. The second kappa shape index (κ2) is 9.34. The minimum Gasteiger partial charge on any atom is -0.317 e. The van der Waals surface area contributed by atoms with Crippen LogP contribution in [0, 0.1) is 5.92 Å². The van der Waals surface area contributed by atoms with E-state index in [2.05, 4.69) is 19.2 Å². The first-order valence-electron chi connectivity index (χ1n) is 5.08. The zero-order valence-corrected chi connectivity index (χ0v) is 9.16. The summed E-state index contributed by atoms with van der Waals surface area (Å²) in [7, 11) is 0. The van der Waals surface area contributed by atoms with E-state index in [4.69, 9.17) is 11.6 Å². The maximum absolute atomic E-state index is 5.69. The van der Waals surface area contributed by atoms with Crippen LogP contribution >= 0.6 is 11.6 Å². The molecule has 1 nitrogen and oxygen atoms in total. The molecular formula is C10H22ClN. The molecule has 0 aromatic carbocycles. The first-order chi connectivity index (χ1) is 5.81. The van der Waals surface area contributed by atoms with Gasteiger partial charge in [-0.1, -0.05) is 20.3 Å². The number of halogens is 1. The summed E-state index contributed by atoms with van der Waals surface area (Å²) in [6.07, 6.45) is 5.09. The predicted molar refractivity (Wildman–Crippen MR) is 56.9 cm³/mol. The van der Waals surface area contributed by atoms with Crippen LogP contribution in [0.2, 0.25) is 0 Å². The van der Waals surface area contributed by atoms with Gasteiger partial charge in [-0.2, -0.15) is 0 Å². The van der Waals surface area contributed by atoms with Crippen LogP contribution in [-0.4, -0.2) is 19.0 Å². The number of hydrogen-bond acceptors (Lipinski definition) is 1. The first-order valence-corrected chi connectivity index (χ1v) is 5.61. The van der Waals surface area contributed by atoms with Gasteiger partial charge in [-0.05, 0) is 38.3 Å². The molecule has 0 saturated heterocycles. The molecular weight excluding hydrogens is 170 g/mol. The lowest BCUT2D eigenvalue weighted by atomic mass is 10.1. The van der Waals surface area contributed by atoms with Gasteiger partial charge in [-0.3, -0.25) is 0 Å². The van der Waals surface area contributed by atoms with Crippen molar-refractivity contribution in [1.82, 2.24) is 5.32 Å². The van der Waals surface area contributed by atoms with Crippen molar-refractivity contribution in [2.45, 2.75) is 39.5 Å².